The molecule has 1 fully saturated rings. The van der Waals surface area contributed by atoms with Gasteiger partial charge in [0, 0.05) is 17.1 Å². The number of carbonyl (C=O) groups is 1. The Bertz CT molecular complexity index is 827. The van der Waals surface area contributed by atoms with E-state index in [-0.39, 0.29) is 18.0 Å². The van der Waals surface area contributed by atoms with Crippen LogP contribution in [0.5, 0.6) is 0 Å². The van der Waals surface area contributed by atoms with Gasteiger partial charge in [0.25, 0.3) is 0 Å². The molecule has 2 aromatic rings. The van der Waals surface area contributed by atoms with Gasteiger partial charge in [0.2, 0.25) is 5.91 Å². The van der Waals surface area contributed by atoms with E-state index in [1.807, 2.05) is 36.4 Å². The van der Waals surface area contributed by atoms with Gasteiger partial charge in [-0.2, -0.15) is 0 Å². The highest BCUT2D eigenvalue weighted by Gasteiger charge is 2.58. The van der Waals surface area contributed by atoms with Gasteiger partial charge in [0.05, 0.1) is 24.3 Å². The molecule has 2 aliphatic rings. The van der Waals surface area contributed by atoms with E-state index in [0.717, 1.165) is 17.8 Å². The summed E-state index contributed by atoms with van der Waals surface area (Å²) in [5.41, 5.74) is 2.82. The van der Waals surface area contributed by atoms with E-state index in [2.05, 4.69) is 23.0 Å². The molecule has 2 atom stereocenters. The van der Waals surface area contributed by atoms with E-state index < -0.39 is 0 Å². The van der Waals surface area contributed by atoms with Crippen molar-refractivity contribution in [3.8, 4) is 12.3 Å². The topological polar surface area (TPSA) is 23.3 Å². The molecule has 2 heterocycles. The van der Waals surface area contributed by atoms with Gasteiger partial charge >= 0.3 is 0 Å². The van der Waals surface area contributed by atoms with Crippen LogP contribution in [0, 0.1) is 12.3 Å². The second-order valence-electron chi connectivity index (χ2n) is 5.93. The third-order valence-electron chi connectivity index (χ3n) is 4.68. The number of amides is 1. The molecule has 0 spiro atoms. The molecule has 0 bridgehead atoms. The quantitative estimate of drug-likeness (QED) is 0.627. The van der Waals surface area contributed by atoms with Gasteiger partial charge in [-0.05, 0) is 23.8 Å². The minimum absolute atomic E-state index is 0.0295. The van der Waals surface area contributed by atoms with Gasteiger partial charge in [0.15, 0.2) is 0 Å². The number of anilines is 1. The van der Waals surface area contributed by atoms with Gasteiger partial charge in [-0.1, -0.05) is 47.9 Å². The minimum Gasteiger partial charge on any atom is -0.299 e. The first-order valence-electron chi connectivity index (χ1n) is 7.51. The Morgan fingerprint density at radius 2 is 2.00 bits per heavy atom. The van der Waals surface area contributed by atoms with Crippen LogP contribution in [-0.4, -0.2) is 30.4 Å². The fourth-order valence-electron chi connectivity index (χ4n) is 3.55. The molecule has 3 nitrogen and oxygen atoms in total. The molecule has 0 aromatic heterocycles. The normalized spacial score (nSPS) is 25.1. The summed E-state index contributed by atoms with van der Waals surface area (Å²) in [6, 6.07) is 15.9. The number of rotatable bonds is 2. The van der Waals surface area contributed by atoms with E-state index in [1.54, 1.807) is 4.90 Å². The summed E-state index contributed by atoms with van der Waals surface area (Å²) in [5.74, 6) is 2.62. The Morgan fingerprint density at radius 3 is 2.74 bits per heavy atom. The standard InChI is InChI=1S/C19H15ClN2O/c1-2-10-22-17-9-8-15(20)11-16(17)19(13-21(19)12-18(22)23)14-6-4-3-5-7-14/h1,3-9,11H,10,12-13H2. The lowest BCUT2D eigenvalue weighted by molar-refractivity contribution is -0.118. The third kappa shape index (κ3) is 2.07. The fraction of sp³-hybridized carbons (Fsp3) is 0.211. The van der Waals surface area contributed by atoms with Gasteiger partial charge in [0.1, 0.15) is 0 Å². The second-order valence-corrected chi connectivity index (χ2v) is 6.36. The SMILES string of the molecule is C#CCN1C(=O)CN2CC2(c2ccccc2)c2cc(Cl)ccc21. The van der Waals surface area contributed by atoms with Crippen molar-refractivity contribution in [2.75, 3.05) is 24.5 Å². The third-order valence-corrected chi connectivity index (χ3v) is 4.91. The number of benzene rings is 2. The summed E-state index contributed by atoms with van der Waals surface area (Å²) in [5, 5.41) is 0.668. The lowest BCUT2D eigenvalue weighted by atomic mass is 9.89. The largest absolute Gasteiger partial charge is 0.299 e. The van der Waals surface area contributed by atoms with Crippen LogP contribution in [0.25, 0.3) is 0 Å². The zero-order valence-electron chi connectivity index (χ0n) is 12.5. The molecular formula is C19H15ClN2O. The molecule has 2 aliphatic heterocycles. The number of fused-ring (bicyclic) bond motifs is 3. The summed E-state index contributed by atoms with van der Waals surface area (Å²) in [6.07, 6.45) is 5.47. The average Bonchev–Trinajstić information content (AvgIpc) is 3.29. The predicted octanol–water partition coefficient (Wildman–Crippen LogP) is 2.88. The highest BCUT2D eigenvalue weighted by atomic mass is 35.5. The van der Waals surface area contributed by atoms with Crippen LogP contribution in [-0.2, 0) is 10.3 Å². The minimum atomic E-state index is -0.277. The van der Waals surface area contributed by atoms with Crippen LogP contribution in [0.2, 0.25) is 5.02 Å². The summed E-state index contributed by atoms with van der Waals surface area (Å²) in [7, 11) is 0. The van der Waals surface area contributed by atoms with Gasteiger partial charge in [-0.25, -0.2) is 0 Å². The molecule has 2 unspecified atom stereocenters. The van der Waals surface area contributed by atoms with Crippen molar-refractivity contribution >= 4 is 23.2 Å². The average molecular weight is 323 g/mol. The molecule has 114 valence electrons. The zero-order chi connectivity index (χ0) is 16.0. The summed E-state index contributed by atoms with van der Waals surface area (Å²) < 4.78 is 0. The van der Waals surface area contributed by atoms with Gasteiger partial charge in [-0.3, -0.25) is 14.6 Å². The highest BCUT2D eigenvalue weighted by Crippen LogP contribution is 2.53. The maximum atomic E-state index is 12.6. The van der Waals surface area contributed by atoms with E-state index in [0.29, 0.717) is 11.6 Å². The maximum Gasteiger partial charge on any atom is 0.242 e. The first-order chi connectivity index (χ1) is 11.2. The first-order valence-corrected chi connectivity index (χ1v) is 7.89. The molecule has 0 saturated carbocycles. The fourth-order valence-corrected chi connectivity index (χ4v) is 3.73. The molecule has 1 amide bonds. The lowest BCUT2D eigenvalue weighted by Crippen LogP contribution is -2.35. The number of hydrogen-bond donors (Lipinski definition) is 0. The molecule has 0 aliphatic carbocycles. The number of carbonyl (C=O) groups excluding carboxylic acids is 1. The Hall–Kier alpha value is -2.28. The number of nitrogens with zero attached hydrogens (tertiary/aromatic N) is 2. The van der Waals surface area contributed by atoms with Crippen molar-refractivity contribution in [2.24, 2.45) is 0 Å². The Kier molecular flexibility index (Phi) is 3.19. The summed E-state index contributed by atoms with van der Waals surface area (Å²) in [4.78, 5) is 16.5. The van der Waals surface area contributed by atoms with E-state index in [1.165, 1.54) is 5.56 Å². The van der Waals surface area contributed by atoms with Crippen molar-refractivity contribution in [1.82, 2.24) is 4.90 Å². The number of terminal acetylenes is 1. The maximum absolute atomic E-state index is 12.6. The monoisotopic (exact) mass is 322 g/mol. The highest BCUT2D eigenvalue weighted by molar-refractivity contribution is 6.30. The lowest BCUT2D eigenvalue weighted by Gasteiger charge is -2.24. The second kappa shape index (κ2) is 5.13. The smallest absolute Gasteiger partial charge is 0.242 e. The summed E-state index contributed by atoms with van der Waals surface area (Å²) >= 11 is 6.26. The van der Waals surface area contributed by atoms with Gasteiger partial charge < -0.3 is 0 Å². The Labute approximate surface area is 140 Å². The Balaban J connectivity index is 1.95. The number of hydrogen-bond acceptors (Lipinski definition) is 2. The molecule has 4 heteroatoms. The van der Waals surface area contributed by atoms with Crippen LogP contribution >= 0.6 is 11.6 Å². The van der Waals surface area contributed by atoms with E-state index in [4.69, 9.17) is 18.0 Å². The molecular weight excluding hydrogens is 308 g/mol. The summed E-state index contributed by atoms with van der Waals surface area (Å²) in [6.45, 7) is 1.45. The van der Waals surface area contributed by atoms with Crippen LogP contribution in [0.15, 0.2) is 48.5 Å². The Morgan fingerprint density at radius 1 is 1.22 bits per heavy atom. The molecule has 2 aromatic carbocycles. The van der Waals surface area contributed by atoms with Crippen molar-refractivity contribution in [3.05, 3.63) is 64.7 Å². The van der Waals surface area contributed by atoms with Gasteiger partial charge in [-0.15, -0.1) is 6.42 Å². The first kappa shape index (κ1) is 14.3. The number of halogens is 1. The molecule has 1 saturated heterocycles. The predicted molar refractivity (Wildman–Crippen MR) is 91.4 cm³/mol. The molecule has 0 radical (unpaired) electrons. The van der Waals surface area contributed by atoms with Crippen LogP contribution < -0.4 is 4.90 Å². The molecule has 0 N–H and O–H groups in total. The van der Waals surface area contributed by atoms with Crippen molar-refractivity contribution in [3.63, 3.8) is 0 Å². The van der Waals surface area contributed by atoms with E-state index in [9.17, 15) is 4.79 Å². The zero-order valence-corrected chi connectivity index (χ0v) is 13.3. The van der Waals surface area contributed by atoms with Crippen LogP contribution in [0.1, 0.15) is 11.1 Å². The van der Waals surface area contributed by atoms with Crippen molar-refractivity contribution in [2.45, 2.75) is 5.54 Å². The van der Waals surface area contributed by atoms with E-state index >= 15 is 0 Å². The van der Waals surface area contributed by atoms with Crippen molar-refractivity contribution in [1.29, 1.82) is 0 Å². The van der Waals surface area contributed by atoms with Crippen LogP contribution in [0.3, 0.4) is 0 Å². The van der Waals surface area contributed by atoms with Crippen molar-refractivity contribution < 1.29 is 4.79 Å². The molecule has 4 rings (SSSR count). The van der Waals surface area contributed by atoms with Crippen LogP contribution in [0.4, 0.5) is 5.69 Å². The molecule has 23 heavy (non-hydrogen) atoms.